The van der Waals surface area contributed by atoms with Gasteiger partial charge in [0.2, 0.25) is 11.3 Å². The summed E-state index contributed by atoms with van der Waals surface area (Å²) in [6.07, 6.45) is 2.96. The Kier molecular flexibility index (Phi) is 4.31. The maximum Gasteiger partial charge on any atom is 0.240 e. The molecule has 0 unspecified atom stereocenters. The first kappa shape index (κ1) is 19.9. The van der Waals surface area contributed by atoms with Crippen LogP contribution in [0.2, 0.25) is 0 Å². The van der Waals surface area contributed by atoms with Crippen molar-refractivity contribution in [3.63, 3.8) is 0 Å². The van der Waals surface area contributed by atoms with Crippen molar-refractivity contribution in [2.24, 2.45) is 0 Å². The molecule has 0 amide bonds. The molecular formula is C27H19N3O4. The van der Waals surface area contributed by atoms with E-state index < -0.39 is 0 Å². The molecule has 0 aliphatic carbocycles. The molecule has 0 fully saturated rings. The van der Waals surface area contributed by atoms with E-state index in [9.17, 15) is 15.0 Å². The summed E-state index contributed by atoms with van der Waals surface area (Å²) in [5.41, 5.74) is 4.71. The number of imidazole rings is 1. The molecule has 0 aliphatic rings. The van der Waals surface area contributed by atoms with Gasteiger partial charge >= 0.3 is 0 Å². The molecule has 0 bridgehead atoms. The fraction of sp³-hybridized carbons (Fsp3) is 0.0370. The second-order valence-electron chi connectivity index (χ2n) is 8.18. The molecule has 166 valence electrons. The second kappa shape index (κ2) is 7.38. The topological polar surface area (TPSA) is 104 Å². The maximum atomic E-state index is 13.7. The standard InChI is InChI=1S/C27H19N3O4/c1-15-7-10-22-18(11-15)25(31)19(13-34-22)24-23(16-5-3-2-4-6-16)26(32)27(33)30(24)17-8-9-20-21(12-17)29-14-28-20/h2-14,32-33H,1H3,(H,28,29). The van der Waals surface area contributed by atoms with Gasteiger partial charge in [-0.15, -0.1) is 0 Å². The minimum absolute atomic E-state index is 0.220. The summed E-state index contributed by atoms with van der Waals surface area (Å²) in [5, 5.41) is 22.6. The Labute approximate surface area is 193 Å². The quantitative estimate of drug-likeness (QED) is 0.330. The first-order valence-electron chi connectivity index (χ1n) is 10.7. The Bertz CT molecular complexity index is 1760. The van der Waals surface area contributed by atoms with Gasteiger partial charge in [0.15, 0.2) is 5.75 Å². The number of nitrogens with one attached hydrogen (secondary N) is 1. The van der Waals surface area contributed by atoms with Crippen LogP contribution < -0.4 is 5.43 Å². The third-order valence-electron chi connectivity index (χ3n) is 6.03. The molecule has 3 heterocycles. The fourth-order valence-electron chi connectivity index (χ4n) is 4.40. The van der Waals surface area contributed by atoms with Gasteiger partial charge in [0.05, 0.1) is 45.3 Å². The van der Waals surface area contributed by atoms with Gasteiger partial charge in [-0.2, -0.15) is 0 Å². The Morgan fingerprint density at radius 1 is 1.00 bits per heavy atom. The van der Waals surface area contributed by atoms with Crippen molar-refractivity contribution >= 4 is 22.0 Å². The van der Waals surface area contributed by atoms with Crippen LogP contribution in [0.1, 0.15) is 5.56 Å². The summed E-state index contributed by atoms with van der Waals surface area (Å²) in [6.45, 7) is 1.90. The highest BCUT2D eigenvalue weighted by molar-refractivity contribution is 5.93. The van der Waals surface area contributed by atoms with Crippen LogP contribution in [-0.4, -0.2) is 24.7 Å². The molecule has 0 aliphatic heterocycles. The molecule has 0 radical (unpaired) electrons. The third kappa shape index (κ3) is 2.91. The number of aromatic nitrogens is 3. The van der Waals surface area contributed by atoms with Gasteiger partial charge in [0.25, 0.3) is 0 Å². The summed E-state index contributed by atoms with van der Waals surface area (Å²) in [7, 11) is 0. The van der Waals surface area contributed by atoms with E-state index in [4.69, 9.17) is 4.42 Å². The summed E-state index contributed by atoms with van der Waals surface area (Å²) in [4.78, 5) is 21.0. The number of benzene rings is 3. The molecule has 3 aromatic heterocycles. The predicted octanol–water partition coefficient (Wildman–Crippen LogP) is 5.51. The van der Waals surface area contributed by atoms with Gasteiger partial charge in [-0.25, -0.2) is 4.98 Å². The molecule has 3 aromatic carbocycles. The van der Waals surface area contributed by atoms with E-state index in [1.54, 1.807) is 36.7 Å². The van der Waals surface area contributed by atoms with Crippen molar-refractivity contribution in [3.05, 3.63) is 95.1 Å². The summed E-state index contributed by atoms with van der Waals surface area (Å²) < 4.78 is 7.29. The lowest BCUT2D eigenvalue weighted by Gasteiger charge is -2.12. The second-order valence-corrected chi connectivity index (χ2v) is 8.18. The molecule has 3 N–H and O–H groups in total. The van der Waals surface area contributed by atoms with Crippen LogP contribution in [0, 0.1) is 6.92 Å². The number of fused-ring (bicyclic) bond motifs is 2. The highest BCUT2D eigenvalue weighted by Crippen LogP contribution is 2.48. The third-order valence-corrected chi connectivity index (χ3v) is 6.03. The van der Waals surface area contributed by atoms with E-state index in [0.717, 1.165) is 16.6 Å². The molecule has 34 heavy (non-hydrogen) atoms. The van der Waals surface area contributed by atoms with Crippen molar-refractivity contribution in [2.45, 2.75) is 6.92 Å². The van der Waals surface area contributed by atoms with E-state index >= 15 is 0 Å². The molecule has 0 saturated carbocycles. The highest BCUT2D eigenvalue weighted by atomic mass is 16.3. The smallest absolute Gasteiger partial charge is 0.240 e. The Morgan fingerprint density at radius 2 is 1.82 bits per heavy atom. The van der Waals surface area contributed by atoms with Crippen LogP contribution in [0.25, 0.3) is 50.1 Å². The first-order chi connectivity index (χ1) is 16.5. The number of aromatic amines is 1. The van der Waals surface area contributed by atoms with Gasteiger partial charge in [-0.1, -0.05) is 42.0 Å². The maximum absolute atomic E-state index is 13.7. The fourth-order valence-corrected chi connectivity index (χ4v) is 4.40. The Balaban J connectivity index is 1.74. The minimum atomic E-state index is -0.378. The lowest BCUT2D eigenvalue weighted by molar-refractivity contribution is 0.388. The van der Waals surface area contributed by atoms with Crippen molar-refractivity contribution in [1.29, 1.82) is 0 Å². The molecule has 7 heteroatoms. The molecule has 6 aromatic rings. The molecule has 7 nitrogen and oxygen atoms in total. The zero-order valence-electron chi connectivity index (χ0n) is 18.1. The van der Waals surface area contributed by atoms with E-state index in [2.05, 4.69) is 9.97 Å². The van der Waals surface area contributed by atoms with E-state index in [-0.39, 0.29) is 22.6 Å². The lowest BCUT2D eigenvalue weighted by atomic mass is 10.00. The number of aromatic hydroxyl groups is 2. The molecule has 0 saturated heterocycles. The predicted molar refractivity (Wildman–Crippen MR) is 130 cm³/mol. The number of hydrogen-bond donors (Lipinski definition) is 3. The number of nitrogens with zero attached hydrogens (tertiary/aromatic N) is 2. The van der Waals surface area contributed by atoms with Gasteiger partial charge in [0.1, 0.15) is 11.8 Å². The van der Waals surface area contributed by atoms with Crippen molar-refractivity contribution in [2.75, 3.05) is 0 Å². The van der Waals surface area contributed by atoms with Gasteiger partial charge in [-0.3, -0.25) is 9.36 Å². The number of H-pyrrole nitrogens is 1. The van der Waals surface area contributed by atoms with E-state index in [1.807, 2.05) is 43.3 Å². The minimum Gasteiger partial charge on any atom is -0.503 e. The van der Waals surface area contributed by atoms with Gasteiger partial charge in [0, 0.05) is 0 Å². The normalized spacial score (nSPS) is 11.4. The highest BCUT2D eigenvalue weighted by Gasteiger charge is 2.28. The van der Waals surface area contributed by atoms with Crippen LogP contribution in [0.3, 0.4) is 0 Å². The summed E-state index contributed by atoms with van der Waals surface area (Å²) >= 11 is 0. The number of rotatable bonds is 3. The Morgan fingerprint density at radius 3 is 2.65 bits per heavy atom. The van der Waals surface area contributed by atoms with Gasteiger partial charge < -0.3 is 19.6 Å². The zero-order valence-corrected chi connectivity index (χ0v) is 18.1. The van der Waals surface area contributed by atoms with Crippen LogP contribution in [0.15, 0.2) is 88.5 Å². The van der Waals surface area contributed by atoms with Crippen LogP contribution in [-0.2, 0) is 0 Å². The summed E-state index contributed by atoms with van der Waals surface area (Å²) in [6, 6.07) is 19.9. The van der Waals surface area contributed by atoms with E-state index in [1.165, 1.54) is 10.8 Å². The zero-order chi connectivity index (χ0) is 23.4. The van der Waals surface area contributed by atoms with Gasteiger partial charge in [-0.05, 0) is 42.8 Å². The lowest BCUT2D eigenvalue weighted by Crippen LogP contribution is -2.09. The average molecular weight is 449 g/mol. The Hall–Kier alpha value is -4.78. The number of hydrogen-bond acceptors (Lipinski definition) is 5. The van der Waals surface area contributed by atoms with Crippen molar-refractivity contribution in [3.8, 4) is 39.7 Å². The monoisotopic (exact) mass is 449 g/mol. The van der Waals surface area contributed by atoms with Crippen molar-refractivity contribution in [1.82, 2.24) is 14.5 Å². The summed E-state index contributed by atoms with van der Waals surface area (Å²) in [5.74, 6) is -0.703. The SMILES string of the molecule is Cc1ccc2occ(-c3c(-c4ccccc4)c(O)c(O)n3-c3ccc4nc[nH]c4c3)c(=O)c2c1. The average Bonchev–Trinajstić information content (AvgIpc) is 3.42. The molecule has 0 spiro atoms. The largest absolute Gasteiger partial charge is 0.503 e. The van der Waals surface area contributed by atoms with Crippen LogP contribution >= 0.6 is 0 Å². The molecule has 0 atom stereocenters. The van der Waals surface area contributed by atoms with Crippen LogP contribution in [0.5, 0.6) is 11.6 Å². The van der Waals surface area contributed by atoms with Crippen molar-refractivity contribution < 1.29 is 14.6 Å². The molecule has 6 rings (SSSR count). The molecular weight excluding hydrogens is 430 g/mol. The first-order valence-corrected chi connectivity index (χ1v) is 10.7. The number of aryl methyl sites for hydroxylation is 1. The van der Waals surface area contributed by atoms with E-state index in [0.29, 0.717) is 33.5 Å². The van der Waals surface area contributed by atoms with Crippen LogP contribution in [0.4, 0.5) is 0 Å².